The van der Waals surface area contributed by atoms with E-state index in [0.29, 0.717) is 17.2 Å². The van der Waals surface area contributed by atoms with Crippen LogP contribution in [0, 0.1) is 0 Å². The Bertz CT molecular complexity index is 3460. The van der Waals surface area contributed by atoms with Crippen molar-refractivity contribution in [3.05, 3.63) is 257 Å². The lowest BCUT2D eigenvalue weighted by Gasteiger charge is -2.34. The van der Waals surface area contributed by atoms with Crippen LogP contribution < -0.4 is 9.47 Å². The first-order valence-electron chi connectivity index (χ1n) is 21.8. The van der Waals surface area contributed by atoms with Gasteiger partial charge in [0.1, 0.15) is 0 Å². The van der Waals surface area contributed by atoms with Gasteiger partial charge in [0.2, 0.25) is 0 Å². The number of ether oxygens (including phenoxy) is 2. The van der Waals surface area contributed by atoms with Gasteiger partial charge in [-0.2, -0.15) is 0 Å². The molecule has 10 aromatic rings. The summed E-state index contributed by atoms with van der Waals surface area (Å²) >= 11 is 0. The number of hydrogen-bond donors (Lipinski definition) is 0. The van der Waals surface area contributed by atoms with Crippen molar-refractivity contribution in [1.82, 2.24) is 0 Å². The first-order chi connectivity index (χ1) is 31.2. The lowest BCUT2D eigenvalue weighted by atomic mass is 9.68. The third-order valence-corrected chi connectivity index (χ3v) is 13.5. The van der Waals surface area contributed by atoms with E-state index >= 15 is 0 Å². The Balaban J connectivity index is 0.942. The minimum Gasteiger partial charge on any atom is -0.449 e. The van der Waals surface area contributed by atoms with Crippen molar-refractivity contribution in [3.8, 4) is 34.1 Å². The molecule has 0 spiro atoms. The molecule has 3 aliphatic rings. The molecular weight excluding hydrogens is 767 g/mol. The van der Waals surface area contributed by atoms with E-state index in [9.17, 15) is 0 Å². The van der Waals surface area contributed by atoms with Crippen LogP contribution in [0.1, 0.15) is 51.3 Å². The summed E-state index contributed by atoms with van der Waals surface area (Å²) in [6.45, 7) is 0. The molecule has 3 nitrogen and oxygen atoms in total. The minimum absolute atomic E-state index is 0.135. The van der Waals surface area contributed by atoms with E-state index in [1.807, 2.05) is 6.07 Å². The average molecular weight is 806 g/mol. The highest BCUT2D eigenvalue weighted by atomic mass is 16.6. The van der Waals surface area contributed by atoms with Crippen molar-refractivity contribution in [2.45, 2.75) is 17.8 Å². The summed E-state index contributed by atoms with van der Waals surface area (Å²) in [5.41, 5.74) is 11.9. The quantitative estimate of drug-likeness (QED) is 0.162. The predicted molar refractivity (Wildman–Crippen MR) is 258 cm³/mol. The number of fused-ring (bicyclic) bond motifs is 12. The lowest BCUT2D eigenvalue weighted by Crippen LogP contribution is -2.28. The Labute approximate surface area is 365 Å². The fourth-order valence-electron chi connectivity index (χ4n) is 10.8. The molecule has 0 bridgehead atoms. The molecule has 63 heavy (non-hydrogen) atoms. The Morgan fingerprint density at radius 2 is 1.00 bits per heavy atom. The SMILES string of the molecule is C1=C(c2ccc3c4ccccc4c4ccccc4c3c2)N=C(c2ccc3c(c2)Oc2c(ccc4c2-c2ccccc2C4(c2ccccc2)c2ccccc2)O3)CC1c1ccccc1. The zero-order valence-electron chi connectivity index (χ0n) is 34.3. The molecule has 13 rings (SSSR count). The van der Waals surface area contributed by atoms with Crippen LogP contribution in [0.25, 0.3) is 49.1 Å². The van der Waals surface area contributed by atoms with Crippen molar-refractivity contribution >= 4 is 43.7 Å². The van der Waals surface area contributed by atoms with Gasteiger partial charge in [0.25, 0.3) is 0 Å². The fraction of sp³-hybridized carbons (Fsp3) is 0.0500. The third kappa shape index (κ3) is 5.43. The monoisotopic (exact) mass is 805 g/mol. The molecule has 1 aliphatic carbocycles. The molecule has 296 valence electrons. The van der Waals surface area contributed by atoms with Crippen LogP contribution >= 0.6 is 0 Å². The van der Waals surface area contributed by atoms with Gasteiger partial charge in [-0.05, 0) is 102 Å². The molecule has 2 heterocycles. The van der Waals surface area contributed by atoms with Gasteiger partial charge >= 0.3 is 0 Å². The summed E-state index contributed by atoms with van der Waals surface area (Å²) in [5, 5.41) is 7.53. The van der Waals surface area contributed by atoms with Crippen LogP contribution in [-0.4, -0.2) is 5.71 Å². The van der Waals surface area contributed by atoms with Gasteiger partial charge in [-0.15, -0.1) is 0 Å². The summed E-state index contributed by atoms with van der Waals surface area (Å²) in [5.74, 6) is 2.96. The maximum Gasteiger partial charge on any atom is 0.178 e. The Morgan fingerprint density at radius 1 is 0.429 bits per heavy atom. The smallest absolute Gasteiger partial charge is 0.178 e. The van der Waals surface area contributed by atoms with Gasteiger partial charge in [0, 0.05) is 29.2 Å². The van der Waals surface area contributed by atoms with Crippen molar-refractivity contribution in [1.29, 1.82) is 0 Å². The number of benzene rings is 10. The maximum absolute atomic E-state index is 7.13. The van der Waals surface area contributed by atoms with E-state index in [1.54, 1.807) is 0 Å². The number of nitrogens with zero attached hydrogens (tertiary/aromatic N) is 1. The first kappa shape index (κ1) is 35.7. The number of rotatable bonds is 5. The van der Waals surface area contributed by atoms with Crippen LogP contribution in [0.4, 0.5) is 0 Å². The Kier molecular flexibility index (Phi) is 7.95. The molecule has 0 radical (unpaired) electrons. The van der Waals surface area contributed by atoms with Crippen LogP contribution in [0.3, 0.4) is 0 Å². The highest BCUT2D eigenvalue weighted by Crippen LogP contribution is 2.62. The number of aliphatic imine (C=N–C) groups is 1. The van der Waals surface area contributed by atoms with Crippen molar-refractivity contribution in [2.24, 2.45) is 4.99 Å². The van der Waals surface area contributed by atoms with Gasteiger partial charge < -0.3 is 9.47 Å². The minimum atomic E-state index is -0.539. The molecule has 0 saturated carbocycles. The van der Waals surface area contributed by atoms with Gasteiger partial charge in [-0.3, -0.25) is 4.99 Å². The summed E-state index contributed by atoms with van der Waals surface area (Å²) in [7, 11) is 0. The normalized spacial score (nSPS) is 15.7. The molecule has 1 unspecified atom stereocenters. The summed E-state index contributed by atoms with van der Waals surface area (Å²) in [6, 6.07) is 76.3. The van der Waals surface area contributed by atoms with E-state index in [0.717, 1.165) is 45.8 Å². The topological polar surface area (TPSA) is 30.8 Å². The number of hydrogen-bond acceptors (Lipinski definition) is 3. The van der Waals surface area contributed by atoms with E-state index in [2.05, 4.69) is 212 Å². The van der Waals surface area contributed by atoms with Crippen LogP contribution in [0.15, 0.2) is 223 Å². The van der Waals surface area contributed by atoms with Crippen LogP contribution in [0.2, 0.25) is 0 Å². The lowest BCUT2D eigenvalue weighted by molar-refractivity contribution is 0.360. The molecule has 0 N–H and O–H groups in total. The van der Waals surface area contributed by atoms with Gasteiger partial charge in [0.05, 0.1) is 11.1 Å². The van der Waals surface area contributed by atoms with Gasteiger partial charge in [-0.25, -0.2) is 0 Å². The summed E-state index contributed by atoms with van der Waals surface area (Å²) < 4.78 is 13.9. The molecular formula is C60H39NO2. The van der Waals surface area contributed by atoms with Crippen LogP contribution in [-0.2, 0) is 5.41 Å². The third-order valence-electron chi connectivity index (χ3n) is 13.5. The summed E-state index contributed by atoms with van der Waals surface area (Å²) in [6.07, 6.45) is 3.11. The average Bonchev–Trinajstić information content (AvgIpc) is 3.67. The molecule has 3 heteroatoms. The molecule has 1 atom stereocenters. The Morgan fingerprint density at radius 3 is 1.70 bits per heavy atom. The standard InChI is InChI=1S/C60H39NO2/c1-4-16-38(17-5-1)41-35-53(39-28-30-48-46-24-11-10-22-44(46)45-23-12-13-25-47(45)50(48)34-39)61-54(36-41)40-29-32-55-57(37-40)63-59-56(62-55)33-31-52-58(59)49-26-14-15-27-51(49)60(52,42-18-6-2-7-19-42)43-20-8-3-9-21-43/h1-35,37,41H,36H2. The van der Waals surface area contributed by atoms with Gasteiger partial charge in [0.15, 0.2) is 23.0 Å². The number of allylic oxidation sites excluding steroid dienone is 1. The first-order valence-corrected chi connectivity index (χ1v) is 21.8. The molecule has 10 aromatic carbocycles. The summed E-state index contributed by atoms with van der Waals surface area (Å²) in [4.78, 5) is 5.50. The van der Waals surface area contributed by atoms with E-state index in [1.165, 1.54) is 60.1 Å². The second-order valence-electron chi connectivity index (χ2n) is 16.9. The zero-order chi connectivity index (χ0) is 41.5. The largest absolute Gasteiger partial charge is 0.449 e. The zero-order valence-corrected chi connectivity index (χ0v) is 34.3. The molecule has 0 saturated heterocycles. The van der Waals surface area contributed by atoms with Gasteiger partial charge in [-0.1, -0.05) is 188 Å². The van der Waals surface area contributed by atoms with Crippen molar-refractivity contribution < 1.29 is 9.47 Å². The maximum atomic E-state index is 7.13. The highest BCUT2D eigenvalue weighted by molar-refractivity contribution is 6.25. The Hall–Kier alpha value is -8.01. The van der Waals surface area contributed by atoms with Crippen molar-refractivity contribution in [2.75, 3.05) is 0 Å². The fourth-order valence-corrected chi connectivity index (χ4v) is 10.8. The second-order valence-corrected chi connectivity index (χ2v) is 16.9. The highest BCUT2D eigenvalue weighted by Gasteiger charge is 2.48. The molecule has 0 amide bonds. The van der Waals surface area contributed by atoms with Crippen LogP contribution in [0.5, 0.6) is 23.0 Å². The second kappa shape index (κ2) is 14.0. The van der Waals surface area contributed by atoms with E-state index in [-0.39, 0.29) is 5.92 Å². The van der Waals surface area contributed by atoms with Crippen molar-refractivity contribution in [3.63, 3.8) is 0 Å². The van der Waals surface area contributed by atoms with E-state index in [4.69, 9.17) is 14.5 Å². The molecule has 0 fully saturated rings. The molecule has 2 aliphatic heterocycles. The van der Waals surface area contributed by atoms with E-state index < -0.39 is 5.41 Å². The molecule has 0 aromatic heterocycles. The predicted octanol–water partition coefficient (Wildman–Crippen LogP) is 15.4.